The first-order chi connectivity index (χ1) is 11.6. The van der Waals surface area contributed by atoms with Crippen LogP contribution in [0.15, 0.2) is 18.2 Å². The van der Waals surface area contributed by atoms with Crippen LogP contribution in [0.25, 0.3) is 0 Å². The minimum Gasteiger partial charge on any atom is -0.486 e. The molecule has 1 fully saturated rings. The fourth-order valence-electron chi connectivity index (χ4n) is 3.33. The molecule has 0 spiro atoms. The van der Waals surface area contributed by atoms with Gasteiger partial charge in [0.15, 0.2) is 11.5 Å². The SMILES string of the molecule is CC(C(=O)NCC(=O)Nc1ccc2c(c1)OCCO2)C1CCCC1. The van der Waals surface area contributed by atoms with Crippen molar-refractivity contribution in [2.75, 3.05) is 25.1 Å². The van der Waals surface area contributed by atoms with Gasteiger partial charge in [0.2, 0.25) is 11.8 Å². The van der Waals surface area contributed by atoms with E-state index >= 15 is 0 Å². The molecule has 1 aromatic rings. The van der Waals surface area contributed by atoms with Gasteiger partial charge in [-0.05, 0) is 30.9 Å². The van der Waals surface area contributed by atoms with E-state index in [2.05, 4.69) is 10.6 Å². The Morgan fingerprint density at radius 2 is 1.88 bits per heavy atom. The second-order valence-corrected chi connectivity index (χ2v) is 6.46. The first-order valence-corrected chi connectivity index (χ1v) is 8.60. The Bertz CT molecular complexity index is 611. The van der Waals surface area contributed by atoms with Gasteiger partial charge in [0.25, 0.3) is 0 Å². The van der Waals surface area contributed by atoms with Crippen LogP contribution in [0.1, 0.15) is 32.6 Å². The smallest absolute Gasteiger partial charge is 0.243 e. The lowest BCUT2D eigenvalue weighted by Crippen LogP contribution is -2.37. The van der Waals surface area contributed by atoms with Crippen molar-refractivity contribution < 1.29 is 19.1 Å². The molecule has 2 amide bonds. The van der Waals surface area contributed by atoms with Gasteiger partial charge in [0.1, 0.15) is 13.2 Å². The molecule has 1 aromatic carbocycles. The molecule has 1 atom stereocenters. The van der Waals surface area contributed by atoms with E-state index in [0.717, 1.165) is 12.8 Å². The van der Waals surface area contributed by atoms with Crippen LogP contribution in [0.5, 0.6) is 11.5 Å². The lowest BCUT2D eigenvalue weighted by Gasteiger charge is -2.19. The van der Waals surface area contributed by atoms with Crippen LogP contribution in [0, 0.1) is 11.8 Å². The van der Waals surface area contributed by atoms with Crippen LogP contribution >= 0.6 is 0 Å². The average molecular weight is 332 g/mol. The zero-order valence-corrected chi connectivity index (χ0v) is 14.0. The topological polar surface area (TPSA) is 76.7 Å². The third-order valence-corrected chi connectivity index (χ3v) is 4.77. The van der Waals surface area contributed by atoms with E-state index < -0.39 is 0 Å². The minimum absolute atomic E-state index is 0.0235. The Hall–Kier alpha value is -2.24. The van der Waals surface area contributed by atoms with E-state index in [9.17, 15) is 9.59 Å². The van der Waals surface area contributed by atoms with Crippen molar-refractivity contribution in [3.63, 3.8) is 0 Å². The molecule has 0 radical (unpaired) electrons. The van der Waals surface area contributed by atoms with E-state index in [-0.39, 0.29) is 24.3 Å². The van der Waals surface area contributed by atoms with Crippen LogP contribution in [0.4, 0.5) is 5.69 Å². The van der Waals surface area contributed by atoms with Crippen molar-refractivity contribution in [2.24, 2.45) is 11.8 Å². The summed E-state index contributed by atoms with van der Waals surface area (Å²) in [6.07, 6.45) is 4.62. The molecule has 2 N–H and O–H groups in total. The summed E-state index contributed by atoms with van der Waals surface area (Å²) < 4.78 is 10.9. The summed E-state index contributed by atoms with van der Waals surface area (Å²) in [5, 5.41) is 5.50. The maximum atomic E-state index is 12.2. The van der Waals surface area contributed by atoms with Crippen molar-refractivity contribution in [2.45, 2.75) is 32.6 Å². The number of nitrogens with one attached hydrogen (secondary N) is 2. The van der Waals surface area contributed by atoms with Gasteiger partial charge in [-0.3, -0.25) is 9.59 Å². The first-order valence-electron chi connectivity index (χ1n) is 8.60. The van der Waals surface area contributed by atoms with Crippen molar-refractivity contribution in [3.8, 4) is 11.5 Å². The zero-order valence-electron chi connectivity index (χ0n) is 14.0. The second-order valence-electron chi connectivity index (χ2n) is 6.46. The molecule has 2 aliphatic rings. The molecule has 6 nitrogen and oxygen atoms in total. The minimum atomic E-state index is -0.251. The molecule has 1 aliphatic carbocycles. The van der Waals surface area contributed by atoms with Crippen molar-refractivity contribution in [1.82, 2.24) is 5.32 Å². The van der Waals surface area contributed by atoms with E-state index in [1.807, 2.05) is 6.92 Å². The molecule has 24 heavy (non-hydrogen) atoms. The largest absolute Gasteiger partial charge is 0.486 e. The van der Waals surface area contributed by atoms with Crippen molar-refractivity contribution in [3.05, 3.63) is 18.2 Å². The summed E-state index contributed by atoms with van der Waals surface area (Å²) in [7, 11) is 0. The summed E-state index contributed by atoms with van der Waals surface area (Å²) in [5.74, 6) is 1.43. The standard InChI is InChI=1S/C18H24N2O4/c1-12(13-4-2-3-5-13)18(22)19-11-17(21)20-14-6-7-15-16(10-14)24-9-8-23-15/h6-7,10,12-13H,2-5,8-9,11H2,1H3,(H,19,22)(H,20,21). The van der Waals surface area contributed by atoms with Crippen LogP contribution in [0.3, 0.4) is 0 Å². The van der Waals surface area contributed by atoms with E-state index in [0.29, 0.717) is 36.3 Å². The molecule has 1 unspecified atom stereocenters. The Labute approximate surface area is 141 Å². The highest BCUT2D eigenvalue weighted by atomic mass is 16.6. The highest BCUT2D eigenvalue weighted by Gasteiger charge is 2.26. The van der Waals surface area contributed by atoms with E-state index in [1.54, 1.807) is 18.2 Å². The van der Waals surface area contributed by atoms with Gasteiger partial charge in [0.05, 0.1) is 6.54 Å². The Morgan fingerprint density at radius 1 is 1.17 bits per heavy atom. The number of fused-ring (bicyclic) bond motifs is 1. The van der Waals surface area contributed by atoms with Gasteiger partial charge < -0.3 is 20.1 Å². The number of hydrogen-bond acceptors (Lipinski definition) is 4. The normalized spacial score (nSPS) is 18.0. The number of rotatable bonds is 5. The summed E-state index contributed by atoms with van der Waals surface area (Å²) >= 11 is 0. The van der Waals surface area contributed by atoms with E-state index in [4.69, 9.17) is 9.47 Å². The van der Waals surface area contributed by atoms with Gasteiger partial charge in [-0.2, -0.15) is 0 Å². The number of benzene rings is 1. The highest BCUT2D eigenvalue weighted by Crippen LogP contribution is 2.33. The highest BCUT2D eigenvalue weighted by molar-refractivity contribution is 5.95. The van der Waals surface area contributed by atoms with E-state index in [1.165, 1.54) is 12.8 Å². The van der Waals surface area contributed by atoms with Crippen molar-refractivity contribution >= 4 is 17.5 Å². The number of amides is 2. The van der Waals surface area contributed by atoms with Crippen LogP contribution in [-0.2, 0) is 9.59 Å². The predicted octanol–water partition coefficient (Wildman–Crippen LogP) is 2.34. The quantitative estimate of drug-likeness (QED) is 0.868. The molecular formula is C18H24N2O4. The third-order valence-electron chi connectivity index (χ3n) is 4.77. The fraction of sp³-hybridized carbons (Fsp3) is 0.556. The molecule has 0 saturated heterocycles. The Kier molecular flexibility index (Phi) is 5.23. The molecule has 130 valence electrons. The molecule has 3 rings (SSSR count). The lowest BCUT2D eigenvalue weighted by molar-refractivity contribution is -0.128. The Morgan fingerprint density at radius 3 is 2.62 bits per heavy atom. The number of carbonyl (C=O) groups is 2. The molecule has 1 saturated carbocycles. The molecule has 6 heteroatoms. The third kappa shape index (κ3) is 3.99. The van der Waals surface area contributed by atoms with Gasteiger partial charge in [-0.1, -0.05) is 19.8 Å². The maximum Gasteiger partial charge on any atom is 0.243 e. The fourth-order valence-corrected chi connectivity index (χ4v) is 3.33. The van der Waals surface area contributed by atoms with Gasteiger partial charge in [0, 0.05) is 17.7 Å². The molecule has 1 heterocycles. The molecule has 0 bridgehead atoms. The van der Waals surface area contributed by atoms with Crippen LogP contribution in [0.2, 0.25) is 0 Å². The van der Waals surface area contributed by atoms with Gasteiger partial charge in [-0.15, -0.1) is 0 Å². The molecular weight excluding hydrogens is 308 g/mol. The predicted molar refractivity (Wildman–Crippen MR) is 90.2 cm³/mol. The zero-order chi connectivity index (χ0) is 16.9. The number of hydrogen-bond donors (Lipinski definition) is 2. The average Bonchev–Trinajstić information content (AvgIpc) is 3.13. The molecule has 1 aliphatic heterocycles. The second kappa shape index (κ2) is 7.55. The first kappa shape index (κ1) is 16.6. The van der Waals surface area contributed by atoms with Gasteiger partial charge >= 0.3 is 0 Å². The van der Waals surface area contributed by atoms with Crippen molar-refractivity contribution in [1.29, 1.82) is 0 Å². The van der Waals surface area contributed by atoms with Gasteiger partial charge in [-0.25, -0.2) is 0 Å². The Balaban J connectivity index is 1.47. The van der Waals surface area contributed by atoms with Crippen LogP contribution < -0.4 is 20.1 Å². The number of anilines is 1. The summed E-state index contributed by atoms with van der Waals surface area (Å²) in [6.45, 7) is 2.96. The summed E-state index contributed by atoms with van der Waals surface area (Å²) in [6, 6.07) is 5.26. The van der Waals surface area contributed by atoms with Crippen LogP contribution in [-0.4, -0.2) is 31.6 Å². The lowest BCUT2D eigenvalue weighted by atomic mass is 9.92. The summed E-state index contributed by atoms with van der Waals surface area (Å²) in [4.78, 5) is 24.2. The monoisotopic (exact) mass is 332 g/mol. The summed E-state index contributed by atoms with van der Waals surface area (Å²) in [5.41, 5.74) is 0.627. The maximum absolute atomic E-state index is 12.2. The molecule has 0 aromatic heterocycles. The number of ether oxygens (including phenoxy) is 2. The number of carbonyl (C=O) groups excluding carboxylic acids is 2.